The van der Waals surface area contributed by atoms with Crippen molar-refractivity contribution in [2.24, 2.45) is 5.10 Å². The number of thiocarbonyl (C=S) groups is 1. The van der Waals surface area contributed by atoms with Gasteiger partial charge in [0.1, 0.15) is 6.61 Å². The molecule has 0 bridgehead atoms. The highest BCUT2D eigenvalue weighted by Crippen LogP contribution is 2.29. The molecule has 0 aromatic heterocycles. The molecule has 0 unspecified atom stereocenters. The van der Waals surface area contributed by atoms with Crippen molar-refractivity contribution in [2.45, 2.75) is 13.5 Å². The Morgan fingerprint density at radius 3 is 2.62 bits per heavy atom. The van der Waals surface area contributed by atoms with Crippen LogP contribution in [0.2, 0.25) is 10.0 Å². The standard InChI is InChI=1S/C18H19Cl2N3O2S/c1-3-24-17-9-12(10-22-23-18(26)21-2)5-7-16(17)25-11-13-4-6-14(19)15(20)8-13/h4-10H,3,11H2,1-2H3,(H2,21,23,26)/b22-10-. The van der Waals surface area contributed by atoms with Crippen LogP contribution in [-0.2, 0) is 6.61 Å². The minimum Gasteiger partial charge on any atom is -0.490 e. The molecule has 0 spiro atoms. The molecule has 0 atom stereocenters. The van der Waals surface area contributed by atoms with E-state index in [9.17, 15) is 0 Å². The van der Waals surface area contributed by atoms with E-state index in [0.29, 0.717) is 39.9 Å². The van der Waals surface area contributed by atoms with Crippen LogP contribution in [0.3, 0.4) is 0 Å². The Labute approximate surface area is 168 Å². The predicted octanol–water partition coefficient (Wildman–Crippen LogP) is 4.40. The molecule has 2 N–H and O–H groups in total. The van der Waals surface area contributed by atoms with Crippen LogP contribution in [-0.4, -0.2) is 25.0 Å². The maximum absolute atomic E-state index is 6.03. The summed E-state index contributed by atoms with van der Waals surface area (Å²) in [6, 6.07) is 10.9. The van der Waals surface area contributed by atoms with E-state index in [1.165, 1.54) is 0 Å². The third-order valence-corrected chi connectivity index (χ3v) is 4.29. The van der Waals surface area contributed by atoms with Crippen LogP contribution in [0.25, 0.3) is 0 Å². The lowest BCUT2D eigenvalue weighted by Crippen LogP contribution is -2.28. The molecule has 0 aliphatic rings. The van der Waals surface area contributed by atoms with Gasteiger partial charge in [-0.15, -0.1) is 0 Å². The lowest BCUT2D eigenvalue weighted by Gasteiger charge is -2.13. The maximum atomic E-state index is 6.03. The zero-order chi connectivity index (χ0) is 18.9. The second-order valence-electron chi connectivity index (χ2n) is 5.13. The minimum atomic E-state index is 0.350. The number of nitrogens with one attached hydrogen (secondary N) is 2. The summed E-state index contributed by atoms with van der Waals surface area (Å²) in [5, 5.41) is 8.28. The lowest BCUT2D eigenvalue weighted by atomic mass is 10.2. The fourth-order valence-electron chi connectivity index (χ4n) is 2.00. The van der Waals surface area contributed by atoms with Gasteiger partial charge in [0.2, 0.25) is 0 Å². The molecule has 8 heteroatoms. The van der Waals surface area contributed by atoms with E-state index in [1.807, 2.05) is 31.2 Å². The van der Waals surface area contributed by atoms with Gasteiger partial charge in [-0.1, -0.05) is 29.3 Å². The third kappa shape index (κ3) is 6.05. The van der Waals surface area contributed by atoms with E-state index in [-0.39, 0.29) is 0 Å². The third-order valence-electron chi connectivity index (χ3n) is 3.25. The number of hydrogen-bond acceptors (Lipinski definition) is 4. The van der Waals surface area contributed by atoms with Crippen LogP contribution in [0.1, 0.15) is 18.1 Å². The van der Waals surface area contributed by atoms with E-state index in [0.717, 1.165) is 11.1 Å². The normalized spacial score (nSPS) is 10.6. The van der Waals surface area contributed by atoms with Crippen molar-refractivity contribution in [3.63, 3.8) is 0 Å². The molecule has 0 aliphatic carbocycles. The average Bonchev–Trinajstić information content (AvgIpc) is 2.64. The highest BCUT2D eigenvalue weighted by molar-refractivity contribution is 7.80. The Morgan fingerprint density at radius 2 is 1.92 bits per heavy atom. The zero-order valence-corrected chi connectivity index (χ0v) is 16.7. The Bertz CT molecular complexity index is 800. The fraction of sp³-hybridized carbons (Fsp3) is 0.222. The highest BCUT2D eigenvalue weighted by Gasteiger charge is 2.07. The van der Waals surface area contributed by atoms with Gasteiger partial charge >= 0.3 is 0 Å². The van der Waals surface area contributed by atoms with Gasteiger partial charge in [0.05, 0.1) is 22.9 Å². The van der Waals surface area contributed by atoms with E-state index in [2.05, 4.69) is 15.8 Å². The molecule has 26 heavy (non-hydrogen) atoms. The van der Waals surface area contributed by atoms with Gasteiger partial charge in [0.15, 0.2) is 16.6 Å². The Balaban J connectivity index is 2.09. The summed E-state index contributed by atoms with van der Waals surface area (Å²) < 4.78 is 11.5. The first-order valence-electron chi connectivity index (χ1n) is 7.87. The van der Waals surface area contributed by atoms with Gasteiger partial charge in [-0.25, -0.2) is 0 Å². The molecular formula is C18H19Cl2N3O2S. The largest absolute Gasteiger partial charge is 0.490 e. The van der Waals surface area contributed by atoms with Gasteiger partial charge in [-0.3, -0.25) is 5.43 Å². The smallest absolute Gasteiger partial charge is 0.186 e. The second-order valence-corrected chi connectivity index (χ2v) is 6.35. The molecule has 0 aliphatic heterocycles. The lowest BCUT2D eigenvalue weighted by molar-refractivity contribution is 0.269. The second kappa shape index (κ2) is 10.2. The Morgan fingerprint density at radius 1 is 1.12 bits per heavy atom. The van der Waals surface area contributed by atoms with Crippen LogP contribution in [0, 0.1) is 0 Å². The summed E-state index contributed by atoms with van der Waals surface area (Å²) >= 11 is 16.9. The SMILES string of the molecule is CCOc1cc(/C=N\NC(=S)NC)ccc1OCc1ccc(Cl)c(Cl)c1. The summed E-state index contributed by atoms with van der Waals surface area (Å²) in [6.45, 7) is 2.78. The quantitative estimate of drug-likeness (QED) is 0.401. The van der Waals surface area contributed by atoms with E-state index in [1.54, 1.807) is 25.4 Å². The molecule has 138 valence electrons. The van der Waals surface area contributed by atoms with Gasteiger partial charge in [0, 0.05) is 7.05 Å². The van der Waals surface area contributed by atoms with Crippen molar-refractivity contribution in [2.75, 3.05) is 13.7 Å². The van der Waals surface area contributed by atoms with Crippen molar-refractivity contribution >= 4 is 46.7 Å². The van der Waals surface area contributed by atoms with Crippen molar-refractivity contribution in [1.82, 2.24) is 10.7 Å². The summed E-state index contributed by atoms with van der Waals surface area (Å²) in [5.41, 5.74) is 4.46. The summed E-state index contributed by atoms with van der Waals surface area (Å²) in [5.74, 6) is 1.27. The number of nitrogens with zero attached hydrogens (tertiary/aromatic N) is 1. The number of rotatable bonds is 7. The highest BCUT2D eigenvalue weighted by atomic mass is 35.5. The molecule has 5 nitrogen and oxygen atoms in total. The van der Waals surface area contributed by atoms with Gasteiger partial charge in [0.25, 0.3) is 0 Å². The first kappa shape index (κ1) is 20.3. The first-order chi connectivity index (χ1) is 12.5. The van der Waals surface area contributed by atoms with Gasteiger partial charge < -0.3 is 14.8 Å². The summed E-state index contributed by atoms with van der Waals surface area (Å²) in [6.07, 6.45) is 1.65. The zero-order valence-electron chi connectivity index (χ0n) is 14.4. The molecular weight excluding hydrogens is 393 g/mol. The van der Waals surface area contributed by atoms with Crippen LogP contribution >= 0.6 is 35.4 Å². The molecule has 0 saturated heterocycles. The monoisotopic (exact) mass is 411 g/mol. The van der Waals surface area contributed by atoms with E-state index < -0.39 is 0 Å². The number of hydrogen-bond donors (Lipinski definition) is 2. The molecule has 2 rings (SSSR count). The average molecular weight is 412 g/mol. The summed E-state index contributed by atoms with van der Waals surface area (Å²) in [7, 11) is 1.72. The molecule has 2 aromatic rings. The van der Waals surface area contributed by atoms with Crippen LogP contribution < -0.4 is 20.2 Å². The van der Waals surface area contributed by atoms with E-state index >= 15 is 0 Å². The minimum absolute atomic E-state index is 0.350. The molecule has 0 radical (unpaired) electrons. The number of benzene rings is 2. The van der Waals surface area contributed by atoms with Crippen molar-refractivity contribution in [3.05, 3.63) is 57.6 Å². The molecule has 0 heterocycles. The predicted molar refractivity (Wildman–Crippen MR) is 111 cm³/mol. The van der Waals surface area contributed by atoms with Gasteiger partial charge in [-0.05, 0) is 60.6 Å². The Hall–Kier alpha value is -2.02. The topological polar surface area (TPSA) is 54.9 Å². The molecule has 0 fully saturated rings. The number of ether oxygens (including phenoxy) is 2. The summed E-state index contributed by atoms with van der Waals surface area (Å²) in [4.78, 5) is 0. The maximum Gasteiger partial charge on any atom is 0.186 e. The van der Waals surface area contributed by atoms with Crippen LogP contribution in [0.4, 0.5) is 0 Å². The van der Waals surface area contributed by atoms with Crippen molar-refractivity contribution in [1.29, 1.82) is 0 Å². The number of halogens is 2. The fourth-order valence-corrected chi connectivity index (χ4v) is 2.38. The number of hydrazone groups is 1. The van der Waals surface area contributed by atoms with Crippen molar-refractivity contribution < 1.29 is 9.47 Å². The van der Waals surface area contributed by atoms with Gasteiger partial charge in [-0.2, -0.15) is 5.10 Å². The van der Waals surface area contributed by atoms with Crippen LogP contribution in [0.15, 0.2) is 41.5 Å². The molecule has 0 saturated carbocycles. The first-order valence-corrected chi connectivity index (χ1v) is 9.04. The Kier molecular flexibility index (Phi) is 7.97. The van der Waals surface area contributed by atoms with Crippen molar-refractivity contribution in [3.8, 4) is 11.5 Å². The van der Waals surface area contributed by atoms with E-state index in [4.69, 9.17) is 44.9 Å². The van der Waals surface area contributed by atoms with Crippen LogP contribution in [0.5, 0.6) is 11.5 Å². The molecule has 0 amide bonds. The molecule has 2 aromatic carbocycles.